The van der Waals surface area contributed by atoms with Gasteiger partial charge in [-0.2, -0.15) is 13.2 Å². The second-order valence-electron chi connectivity index (χ2n) is 5.69. The van der Waals surface area contributed by atoms with Crippen LogP contribution in [0.15, 0.2) is 51.4 Å². The molecule has 2 aromatic heterocycles. The van der Waals surface area contributed by atoms with E-state index in [1.807, 2.05) is 0 Å². The monoisotopic (exact) mass is 394 g/mol. The summed E-state index contributed by atoms with van der Waals surface area (Å²) in [4.78, 5) is 23.7. The van der Waals surface area contributed by atoms with Crippen molar-refractivity contribution in [3.05, 3.63) is 59.5 Å². The predicted molar refractivity (Wildman–Crippen MR) is 89.3 cm³/mol. The fourth-order valence-corrected chi connectivity index (χ4v) is 2.26. The lowest BCUT2D eigenvalue weighted by Gasteiger charge is -2.07. The zero-order valence-corrected chi connectivity index (χ0v) is 14.4. The standard InChI is InChI=1S/C18H13F3N2O5/c1-10-7-15(23-28-10)22-16(24)9-26-17(25)14-6-5-13(27-14)11-3-2-4-12(8-11)18(19,20)21/h2-8H,9H2,1H3,(H,22,23,24). The number of alkyl halides is 3. The molecule has 0 aliphatic rings. The van der Waals surface area contributed by atoms with Crippen LogP contribution in [0.3, 0.4) is 0 Å². The molecule has 7 nitrogen and oxygen atoms in total. The Hall–Kier alpha value is -3.56. The summed E-state index contributed by atoms with van der Waals surface area (Å²) >= 11 is 0. The van der Waals surface area contributed by atoms with Gasteiger partial charge in [0, 0.05) is 11.6 Å². The zero-order valence-electron chi connectivity index (χ0n) is 14.4. The first kappa shape index (κ1) is 19.2. The number of aromatic nitrogens is 1. The Labute approximate surface area is 156 Å². The highest BCUT2D eigenvalue weighted by atomic mass is 19.4. The summed E-state index contributed by atoms with van der Waals surface area (Å²) < 4.78 is 53.2. The molecule has 0 saturated carbocycles. The maximum absolute atomic E-state index is 12.8. The minimum atomic E-state index is -4.50. The van der Waals surface area contributed by atoms with Gasteiger partial charge in [-0.05, 0) is 31.2 Å². The molecule has 3 rings (SSSR count). The van der Waals surface area contributed by atoms with Gasteiger partial charge in [-0.25, -0.2) is 4.79 Å². The number of hydrogen-bond acceptors (Lipinski definition) is 6. The summed E-state index contributed by atoms with van der Waals surface area (Å²) in [6.07, 6.45) is -4.50. The van der Waals surface area contributed by atoms with Gasteiger partial charge in [-0.3, -0.25) is 4.79 Å². The number of nitrogens with one attached hydrogen (secondary N) is 1. The number of nitrogens with zero attached hydrogens (tertiary/aromatic N) is 1. The molecule has 0 bridgehead atoms. The van der Waals surface area contributed by atoms with Gasteiger partial charge in [-0.1, -0.05) is 17.3 Å². The summed E-state index contributed by atoms with van der Waals surface area (Å²) in [5.74, 6) is -1.12. The highest BCUT2D eigenvalue weighted by molar-refractivity contribution is 5.94. The van der Waals surface area contributed by atoms with Crippen LogP contribution in [0.2, 0.25) is 0 Å². The van der Waals surface area contributed by atoms with Crippen molar-refractivity contribution in [1.82, 2.24) is 5.16 Å². The van der Waals surface area contributed by atoms with Crippen LogP contribution < -0.4 is 5.32 Å². The molecule has 0 spiro atoms. The van der Waals surface area contributed by atoms with E-state index < -0.39 is 30.2 Å². The van der Waals surface area contributed by atoms with Crippen LogP contribution in [0.4, 0.5) is 19.0 Å². The number of aryl methyl sites for hydroxylation is 1. The van der Waals surface area contributed by atoms with E-state index in [0.29, 0.717) is 5.76 Å². The van der Waals surface area contributed by atoms with Crippen LogP contribution in [0, 0.1) is 6.92 Å². The maximum Gasteiger partial charge on any atom is 0.416 e. The molecule has 0 radical (unpaired) electrons. The number of hydrogen-bond donors (Lipinski definition) is 1. The van der Waals surface area contributed by atoms with Crippen molar-refractivity contribution in [3.63, 3.8) is 0 Å². The van der Waals surface area contributed by atoms with Crippen molar-refractivity contribution in [2.45, 2.75) is 13.1 Å². The number of ether oxygens (including phenoxy) is 1. The first-order chi connectivity index (χ1) is 13.2. The number of halogens is 3. The largest absolute Gasteiger partial charge is 0.450 e. The molecule has 0 fully saturated rings. The fraction of sp³-hybridized carbons (Fsp3) is 0.167. The minimum absolute atomic E-state index is 0.0561. The number of esters is 1. The Morgan fingerprint density at radius 3 is 2.64 bits per heavy atom. The Morgan fingerprint density at radius 1 is 1.18 bits per heavy atom. The molecular formula is C18H13F3N2O5. The maximum atomic E-state index is 12.8. The first-order valence-electron chi connectivity index (χ1n) is 7.90. The predicted octanol–water partition coefficient (Wildman–Crippen LogP) is 4.06. The van der Waals surface area contributed by atoms with Gasteiger partial charge in [0.25, 0.3) is 5.91 Å². The molecule has 0 atom stereocenters. The number of carbonyl (C=O) groups is 2. The Bertz CT molecular complexity index is 1010. The van der Waals surface area contributed by atoms with Crippen LogP contribution in [0.5, 0.6) is 0 Å². The average molecular weight is 394 g/mol. The highest BCUT2D eigenvalue weighted by Crippen LogP contribution is 2.32. The van der Waals surface area contributed by atoms with E-state index in [0.717, 1.165) is 12.1 Å². The molecule has 28 heavy (non-hydrogen) atoms. The molecule has 1 aromatic carbocycles. The van der Waals surface area contributed by atoms with E-state index in [1.54, 1.807) is 6.92 Å². The highest BCUT2D eigenvalue weighted by Gasteiger charge is 2.30. The summed E-state index contributed by atoms with van der Waals surface area (Å²) in [6.45, 7) is 1.03. The van der Waals surface area contributed by atoms with E-state index in [-0.39, 0.29) is 22.9 Å². The lowest BCUT2D eigenvalue weighted by molar-refractivity contribution is -0.137. The molecule has 2 heterocycles. The molecular weight excluding hydrogens is 381 g/mol. The molecule has 0 saturated heterocycles. The van der Waals surface area contributed by atoms with Crippen molar-refractivity contribution in [1.29, 1.82) is 0 Å². The van der Waals surface area contributed by atoms with Crippen molar-refractivity contribution >= 4 is 17.7 Å². The van der Waals surface area contributed by atoms with Gasteiger partial charge in [-0.15, -0.1) is 0 Å². The van der Waals surface area contributed by atoms with Gasteiger partial charge < -0.3 is 19.0 Å². The Kier molecular flexibility index (Phi) is 5.21. The van der Waals surface area contributed by atoms with E-state index in [2.05, 4.69) is 10.5 Å². The fourth-order valence-electron chi connectivity index (χ4n) is 2.26. The Morgan fingerprint density at radius 2 is 1.96 bits per heavy atom. The van der Waals surface area contributed by atoms with Gasteiger partial charge in [0.2, 0.25) is 5.76 Å². The second-order valence-corrected chi connectivity index (χ2v) is 5.69. The molecule has 1 N–H and O–H groups in total. The van der Waals surface area contributed by atoms with Crippen molar-refractivity contribution in [3.8, 4) is 11.3 Å². The number of rotatable bonds is 5. The van der Waals surface area contributed by atoms with Crippen molar-refractivity contribution in [2.75, 3.05) is 11.9 Å². The molecule has 0 aliphatic heterocycles. The van der Waals surface area contributed by atoms with Crippen LogP contribution >= 0.6 is 0 Å². The molecule has 3 aromatic rings. The van der Waals surface area contributed by atoms with E-state index in [9.17, 15) is 22.8 Å². The summed E-state index contributed by atoms with van der Waals surface area (Å²) in [5.41, 5.74) is -0.696. The number of amides is 1. The number of furan rings is 1. The third-order valence-corrected chi connectivity index (χ3v) is 3.51. The normalized spacial score (nSPS) is 11.3. The van der Waals surface area contributed by atoms with Gasteiger partial charge in [0.1, 0.15) is 11.5 Å². The van der Waals surface area contributed by atoms with E-state index in [1.165, 1.54) is 30.3 Å². The third-order valence-electron chi connectivity index (χ3n) is 3.51. The van der Waals surface area contributed by atoms with Crippen LogP contribution in [-0.4, -0.2) is 23.6 Å². The van der Waals surface area contributed by atoms with E-state index >= 15 is 0 Å². The molecule has 0 unspecified atom stereocenters. The zero-order chi connectivity index (χ0) is 20.3. The van der Waals surface area contributed by atoms with Crippen LogP contribution in [0.25, 0.3) is 11.3 Å². The van der Waals surface area contributed by atoms with Crippen LogP contribution in [-0.2, 0) is 15.7 Å². The smallest absolute Gasteiger partial charge is 0.416 e. The number of anilines is 1. The van der Waals surface area contributed by atoms with E-state index in [4.69, 9.17) is 13.7 Å². The van der Waals surface area contributed by atoms with Crippen LogP contribution in [0.1, 0.15) is 21.9 Å². The quantitative estimate of drug-likeness (QED) is 0.656. The lowest BCUT2D eigenvalue weighted by Crippen LogP contribution is -2.20. The van der Waals surface area contributed by atoms with Gasteiger partial charge >= 0.3 is 12.1 Å². The lowest BCUT2D eigenvalue weighted by atomic mass is 10.1. The van der Waals surface area contributed by atoms with Crippen molar-refractivity contribution in [2.24, 2.45) is 0 Å². The van der Waals surface area contributed by atoms with Gasteiger partial charge in [0.15, 0.2) is 12.4 Å². The molecule has 10 heteroatoms. The number of benzene rings is 1. The summed E-state index contributed by atoms with van der Waals surface area (Å²) in [7, 11) is 0. The molecule has 146 valence electrons. The average Bonchev–Trinajstić information content (AvgIpc) is 3.28. The minimum Gasteiger partial charge on any atom is -0.450 e. The topological polar surface area (TPSA) is 94.6 Å². The molecule has 1 amide bonds. The summed E-state index contributed by atoms with van der Waals surface area (Å²) in [5, 5.41) is 5.92. The molecule has 0 aliphatic carbocycles. The first-order valence-corrected chi connectivity index (χ1v) is 7.90. The van der Waals surface area contributed by atoms with Crippen molar-refractivity contribution < 1.29 is 36.4 Å². The second kappa shape index (κ2) is 7.59. The third kappa shape index (κ3) is 4.58. The number of carbonyl (C=O) groups excluding carboxylic acids is 2. The summed E-state index contributed by atoms with van der Waals surface area (Å²) in [6, 6.07) is 8.54. The SMILES string of the molecule is Cc1cc(NC(=O)COC(=O)c2ccc(-c3cccc(C(F)(F)F)c3)o2)no1. The van der Waals surface area contributed by atoms with Gasteiger partial charge in [0.05, 0.1) is 5.56 Å². The Balaban J connectivity index is 1.62.